The van der Waals surface area contributed by atoms with E-state index >= 15 is 0 Å². The van der Waals surface area contributed by atoms with Crippen LogP contribution in [0.2, 0.25) is 0 Å². The Bertz CT molecular complexity index is 603. The summed E-state index contributed by atoms with van der Waals surface area (Å²) in [5, 5.41) is 0. The number of benzene rings is 1. The van der Waals surface area contributed by atoms with Crippen molar-refractivity contribution in [3.8, 4) is 11.1 Å². The smallest absolute Gasteiger partial charge is 0.256 e. The predicted molar refractivity (Wildman–Crippen MR) is 74.1 cm³/mol. The van der Waals surface area contributed by atoms with E-state index in [1.54, 1.807) is 12.3 Å². The zero-order valence-electron chi connectivity index (χ0n) is 10.9. The number of nitrogens with zero attached hydrogens (tertiary/aromatic N) is 1. The highest BCUT2D eigenvalue weighted by atomic mass is 19.3. The van der Waals surface area contributed by atoms with E-state index < -0.39 is 6.43 Å². The molecule has 0 aliphatic rings. The highest BCUT2D eigenvalue weighted by Crippen LogP contribution is 2.26. The summed E-state index contributed by atoms with van der Waals surface area (Å²) in [6, 6.07) is 8.37. The summed E-state index contributed by atoms with van der Waals surface area (Å²) in [7, 11) is 0. The Morgan fingerprint density at radius 3 is 2.58 bits per heavy atom. The fourth-order valence-corrected chi connectivity index (χ4v) is 1.93. The lowest BCUT2D eigenvalue weighted by Crippen LogP contribution is -1.90. The molecule has 2 aromatic rings. The Morgan fingerprint density at radius 1 is 1.16 bits per heavy atom. The molecule has 1 heterocycles. The van der Waals surface area contributed by atoms with E-state index in [2.05, 4.69) is 4.98 Å². The molecule has 0 saturated carbocycles. The molecule has 1 aromatic heterocycles. The first-order valence-corrected chi connectivity index (χ1v) is 6.09. The van der Waals surface area contributed by atoms with Crippen molar-refractivity contribution in [2.75, 3.05) is 0 Å². The quantitative estimate of drug-likeness (QED) is 0.753. The van der Waals surface area contributed by atoms with Gasteiger partial charge in [-0.3, -0.25) is 4.98 Å². The standard InChI is InChI=1S/C16H15F2N/c1-3-5-15-11(2)8-14(10-19-15)12-6-4-7-13(9-12)16(17)18/h3-10,16H,1-2H3/b5-3-. The van der Waals surface area contributed by atoms with E-state index in [1.165, 1.54) is 12.1 Å². The van der Waals surface area contributed by atoms with Gasteiger partial charge in [0.05, 0.1) is 5.69 Å². The van der Waals surface area contributed by atoms with Crippen molar-refractivity contribution in [1.29, 1.82) is 0 Å². The minimum Gasteiger partial charge on any atom is -0.256 e. The fourth-order valence-electron chi connectivity index (χ4n) is 1.93. The molecule has 0 aliphatic heterocycles. The van der Waals surface area contributed by atoms with Crippen molar-refractivity contribution >= 4 is 6.08 Å². The van der Waals surface area contributed by atoms with Gasteiger partial charge in [0.25, 0.3) is 6.43 Å². The molecular formula is C16H15F2N. The molecule has 98 valence electrons. The third-order valence-electron chi connectivity index (χ3n) is 2.92. The van der Waals surface area contributed by atoms with Crippen LogP contribution in [0, 0.1) is 6.92 Å². The Hall–Kier alpha value is -2.03. The van der Waals surface area contributed by atoms with Crippen LogP contribution in [0.5, 0.6) is 0 Å². The van der Waals surface area contributed by atoms with Gasteiger partial charge in [-0.2, -0.15) is 0 Å². The molecular weight excluding hydrogens is 244 g/mol. The zero-order valence-corrected chi connectivity index (χ0v) is 10.9. The van der Waals surface area contributed by atoms with Gasteiger partial charge in [-0.15, -0.1) is 0 Å². The van der Waals surface area contributed by atoms with Gasteiger partial charge in [0.15, 0.2) is 0 Å². The van der Waals surface area contributed by atoms with Gasteiger partial charge in [0.1, 0.15) is 0 Å². The van der Waals surface area contributed by atoms with Crippen LogP contribution in [-0.2, 0) is 0 Å². The summed E-state index contributed by atoms with van der Waals surface area (Å²) in [5.41, 5.74) is 3.58. The Morgan fingerprint density at radius 2 is 1.95 bits per heavy atom. The van der Waals surface area contributed by atoms with Crippen molar-refractivity contribution < 1.29 is 8.78 Å². The highest BCUT2D eigenvalue weighted by Gasteiger charge is 2.08. The van der Waals surface area contributed by atoms with Crippen LogP contribution in [0.25, 0.3) is 17.2 Å². The first-order chi connectivity index (χ1) is 9.11. The van der Waals surface area contributed by atoms with Crippen LogP contribution in [0.1, 0.15) is 30.2 Å². The molecule has 0 amide bonds. The number of hydrogen-bond donors (Lipinski definition) is 0. The second kappa shape index (κ2) is 5.74. The maximum absolute atomic E-state index is 12.7. The molecule has 0 spiro atoms. The molecule has 2 rings (SSSR count). The van der Waals surface area contributed by atoms with E-state index in [9.17, 15) is 8.78 Å². The maximum atomic E-state index is 12.7. The van der Waals surface area contributed by atoms with Gasteiger partial charge in [-0.1, -0.05) is 24.3 Å². The summed E-state index contributed by atoms with van der Waals surface area (Å²) in [6.45, 7) is 3.89. The minimum atomic E-state index is -2.45. The van der Waals surface area contributed by atoms with E-state index in [0.717, 1.165) is 22.4 Å². The number of allylic oxidation sites excluding steroid dienone is 1. The number of pyridine rings is 1. The fraction of sp³-hybridized carbons (Fsp3) is 0.188. The van der Waals surface area contributed by atoms with Gasteiger partial charge >= 0.3 is 0 Å². The largest absolute Gasteiger partial charge is 0.263 e. The number of aryl methyl sites for hydroxylation is 1. The number of rotatable bonds is 3. The molecule has 0 atom stereocenters. The number of halogens is 2. The van der Waals surface area contributed by atoms with Crippen molar-refractivity contribution in [3.05, 3.63) is 59.4 Å². The first-order valence-electron chi connectivity index (χ1n) is 6.09. The van der Waals surface area contributed by atoms with Crippen LogP contribution in [0.3, 0.4) is 0 Å². The SMILES string of the molecule is C/C=C\c1ncc(-c2cccc(C(F)F)c2)cc1C. The predicted octanol–water partition coefficient (Wildman–Crippen LogP) is 5.03. The lowest BCUT2D eigenvalue weighted by atomic mass is 10.0. The molecule has 0 aliphatic carbocycles. The van der Waals surface area contributed by atoms with Crippen LogP contribution >= 0.6 is 0 Å². The Balaban J connectivity index is 2.42. The maximum Gasteiger partial charge on any atom is 0.263 e. The molecule has 1 nitrogen and oxygen atoms in total. The molecule has 0 fully saturated rings. The van der Waals surface area contributed by atoms with Gasteiger partial charge in [0, 0.05) is 17.3 Å². The Kier molecular flexibility index (Phi) is 4.05. The normalized spacial score (nSPS) is 11.4. The summed E-state index contributed by atoms with van der Waals surface area (Å²) in [4.78, 5) is 4.34. The molecule has 1 aromatic carbocycles. The van der Waals surface area contributed by atoms with Gasteiger partial charge < -0.3 is 0 Å². The van der Waals surface area contributed by atoms with Crippen LogP contribution in [0.15, 0.2) is 42.6 Å². The van der Waals surface area contributed by atoms with Crippen LogP contribution in [-0.4, -0.2) is 4.98 Å². The molecule has 3 heteroatoms. The zero-order chi connectivity index (χ0) is 13.8. The lowest BCUT2D eigenvalue weighted by Gasteiger charge is -2.07. The average Bonchev–Trinajstić information content (AvgIpc) is 2.41. The minimum absolute atomic E-state index is 0.0349. The second-order valence-electron chi connectivity index (χ2n) is 4.35. The second-order valence-corrected chi connectivity index (χ2v) is 4.35. The van der Waals surface area contributed by atoms with Gasteiger partial charge in [-0.25, -0.2) is 8.78 Å². The third-order valence-corrected chi connectivity index (χ3v) is 2.92. The number of alkyl halides is 2. The molecule has 19 heavy (non-hydrogen) atoms. The average molecular weight is 259 g/mol. The van der Waals surface area contributed by atoms with E-state index in [1.807, 2.05) is 38.1 Å². The highest BCUT2D eigenvalue weighted by molar-refractivity contribution is 5.66. The van der Waals surface area contributed by atoms with Crippen molar-refractivity contribution in [3.63, 3.8) is 0 Å². The van der Waals surface area contributed by atoms with E-state index in [0.29, 0.717) is 0 Å². The Labute approximate surface area is 111 Å². The topological polar surface area (TPSA) is 12.9 Å². The number of hydrogen-bond acceptors (Lipinski definition) is 1. The molecule has 0 bridgehead atoms. The van der Waals surface area contributed by atoms with E-state index in [-0.39, 0.29) is 5.56 Å². The first kappa shape index (κ1) is 13.4. The molecule has 0 unspecified atom stereocenters. The van der Waals surface area contributed by atoms with Crippen LogP contribution < -0.4 is 0 Å². The summed E-state index contributed by atoms with van der Waals surface area (Å²) < 4.78 is 25.4. The van der Waals surface area contributed by atoms with Crippen molar-refractivity contribution in [2.45, 2.75) is 20.3 Å². The summed E-state index contributed by atoms with van der Waals surface area (Å²) in [6.07, 6.45) is 3.12. The number of aromatic nitrogens is 1. The van der Waals surface area contributed by atoms with Crippen LogP contribution in [0.4, 0.5) is 8.78 Å². The lowest BCUT2D eigenvalue weighted by molar-refractivity contribution is 0.151. The third kappa shape index (κ3) is 3.05. The van der Waals surface area contributed by atoms with Gasteiger partial charge in [-0.05, 0) is 43.2 Å². The van der Waals surface area contributed by atoms with Gasteiger partial charge in [0.2, 0.25) is 0 Å². The molecule has 0 N–H and O–H groups in total. The summed E-state index contributed by atoms with van der Waals surface area (Å²) in [5.74, 6) is 0. The molecule has 0 radical (unpaired) electrons. The summed E-state index contributed by atoms with van der Waals surface area (Å²) >= 11 is 0. The van der Waals surface area contributed by atoms with E-state index in [4.69, 9.17) is 0 Å². The molecule has 0 saturated heterocycles. The van der Waals surface area contributed by atoms with Crippen molar-refractivity contribution in [1.82, 2.24) is 4.98 Å². The van der Waals surface area contributed by atoms with Crippen molar-refractivity contribution in [2.24, 2.45) is 0 Å². The monoisotopic (exact) mass is 259 g/mol.